The SMILES string of the molecule is COc1cc(-n2cnn3cc(C4=CC=C(Cl)CC4C)cc3c2=O)ccc1OCC1(OC(=O)CN)CC(F)(F)C1. The lowest BCUT2D eigenvalue weighted by Gasteiger charge is -2.45. The molecule has 12 heteroatoms. The predicted octanol–water partition coefficient (Wildman–Crippen LogP) is 4.09. The Morgan fingerprint density at radius 2 is 2.00 bits per heavy atom. The Bertz CT molecular complexity index is 1550. The summed E-state index contributed by atoms with van der Waals surface area (Å²) in [6, 6.07) is 6.54. The number of halogens is 3. The van der Waals surface area contributed by atoms with Crippen molar-refractivity contribution in [3.8, 4) is 17.2 Å². The van der Waals surface area contributed by atoms with Crippen molar-refractivity contribution in [2.45, 2.75) is 37.7 Å². The summed E-state index contributed by atoms with van der Waals surface area (Å²) in [6.45, 7) is 1.34. The number of carbonyl (C=O) groups is 1. The molecule has 2 aliphatic carbocycles. The summed E-state index contributed by atoms with van der Waals surface area (Å²) in [5.74, 6) is -3.06. The number of ether oxygens (including phenoxy) is 3. The fourth-order valence-electron chi connectivity index (χ4n) is 5.04. The van der Waals surface area contributed by atoms with E-state index in [1.54, 1.807) is 24.3 Å². The molecular formula is C27H27ClF2N4O5. The molecule has 9 nitrogen and oxygen atoms in total. The normalized spacial score (nSPS) is 19.6. The van der Waals surface area contributed by atoms with Crippen molar-refractivity contribution >= 4 is 28.7 Å². The molecule has 1 atom stereocenters. The topological polar surface area (TPSA) is 110 Å². The van der Waals surface area contributed by atoms with Gasteiger partial charge in [0.25, 0.3) is 11.5 Å². The van der Waals surface area contributed by atoms with Crippen LogP contribution >= 0.6 is 11.6 Å². The number of aromatic nitrogens is 3. The summed E-state index contributed by atoms with van der Waals surface area (Å²) < 4.78 is 46.5. The number of alkyl halides is 2. The average Bonchev–Trinajstić information content (AvgIpc) is 3.31. The van der Waals surface area contributed by atoms with Gasteiger partial charge >= 0.3 is 5.97 Å². The molecule has 0 saturated heterocycles. The van der Waals surface area contributed by atoms with Crippen LogP contribution < -0.4 is 20.8 Å². The molecule has 1 saturated carbocycles. The van der Waals surface area contributed by atoms with Gasteiger partial charge in [-0.3, -0.25) is 14.2 Å². The van der Waals surface area contributed by atoms with Crippen molar-refractivity contribution in [3.05, 3.63) is 69.9 Å². The molecule has 206 valence electrons. The molecule has 2 N–H and O–H groups in total. The second-order valence-corrected chi connectivity index (χ2v) is 10.4. The van der Waals surface area contributed by atoms with Gasteiger partial charge in [0, 0.05) is 17.3 Å². The quantitative estimate of drug-likeness (QED) is 0.413. The molecule has 0 bridgehead atoms. The fourth-order valence-corrected chi connectivity index (χ4v) is 5.33. The molecule has 2 aliphatic rings. The summed E-state index contributed by atoms with van der Waals surface area (Å²) >= 11 is 6.15. The summed E-state index contributed by atoms with van der Waals surface area (Å²) in [5, 5.41) is 5.18. The first-order chi connectivity index (χ1) is 18.5. The van der Waals surface area contributed by atoms with E-state index in [0.717, 1.165) is 22.6 Å². The minimum absolute atomic E-state index is 0.197. The van der Waals surface area contributed by atoms with Gasteiger partial charge in [-0.1, -0.05) is 24.6 Å². The van der Waals surface area contributed by atoms with E-state index < -0.39 is 36.9 Å². The van der Waals surface area contributed by atoms with Crippen LogP contribution in [0.5, 0.6) is 11.5 Å². The van der Waals surface area contributed by atoms with Gasteiger partial charge in [0.1, 0.15) is 18.5 Å². The predicted molar refractivity (Wildman–Crippen MR) is 141 cm³/mol. The van der Waals surface area contributed by atoms with Crippen LogP contribution in [0.1, 0.15) is 31.7 Å². The Hall–Kier alpha value is -3.70. The second kappa shape index (κ2) is 10.1. The Balaban J connectivity index is 1.40. The van der Waals surface area contributed by atoms with E-state index >= 15 is 0 Å². The molecule has 2 aromatic heterocycles. The molecule has 0 spiro atoms. The van der Waals surface area contributed by atoms with Crippen LogP contribution in [0.3, 0.4) is 0 Å². The summed E-state index contributed by atoms with van der Waals surface area (Å²) in [6.07, 6.45) is 6.44. The van der Waals surface area contributed by atoms with E-state index in [-0.39, 0.29) is 29.6 Å². The molecule has 1 aromatic carbocycles. The monoisotopic (exact) mass is 560 g/mol. The Morgan fingerprint density at radius 1 is 1.23 bits per heavy atom. The van der Waals surface area contributed by atoms with Crippen molar-refractivity contribution < 1.29 is 27.8 Å². The number of nitrogens with two attached hydrogens (primary N) is 1. The number of allylic oxidation sites excluding steroid dienone is 4. The van der Waals surface area contributed by atoms with E-state index in [1.165, 1.54) is 22.5 Å². The molecule has 3 aromatic rings. The lowest BCUT2D eigenvalue weighted by Crippen LogP contribution is -2.58. The zero-order valence-electron chi connectivity index (χ0n) is 21.3. The molecule has 2 heterocycles. The van der Waals surface area contributed by atoms with Gasteiger partial charge in [-0.05, 0) is 47.8 Å². The number of esters is 1. The Labute approximate surface area is 227 Å². The molecule has 39 heavy (non-hydrogen) atoms. The number of methoxy groups -OCH3 is 1. The summed E-state index contributed by atoms with van der Waals surface area (Å²) in [5.41, 5.74) is 6.30. The van der Waals surface area contributed by atoms with Gasteiger partial charge in [0.15, 0.2) is 17.1 Å². The summed E-state index contributed by atoms with van der Waals surface area (Å²) in [7, 11) is 1.41. The Morgan fingerprint density at radius 3 is 2.67 bits per heavy atom. The van der Waals surface area contributed by atoms with Crippen molar-refractivity contribution in [2.24, 2.45) is 11.7 Å². The minimum atomic E-state index is -2.95. The number of nitrogens with zero attached hydrogens (tertiary/aromatic N) is 3. The van der Waals surface area contributed by atoms with Crippen molar-refractivity contribution in [3.63, 3.8) is 0 Å². The number of fused-ring (bicyclic) bond motifs is 1. The smallest absolute Gasteiger partial charge is 0.320 e. The van der Waals surface area contributed by atoms with Gasteiger partial charge in [0.2, 0.25) is 0 Å². The number of benzene rings is 1. The van der Waals surface area contributed by atoms with Crippen LogP contribution in [-0.4, -0.2) is 51.9 Å². The van der Waals surface area contributed by atoms with Crippen molar-refractivity contribution in [1.29, 1.82) is 0 Å². The van der Waals surface area contributed by atoms with Crippen LogP contribution in [0, 0.1) is 5.92 Å². The third kappa shape index (κ3) is 5.28. The third-order valence-electron chi connectivity index (χ3n) is 6.91. The zero-order chi connectivity index (χ0) is 27.9. The second-order valence-electron chi connectivity index (χ2n) is 9.90. The van der Waals surface area contributed by atoms with Crippen LogP contribution in [-0.2, 0) is 9.53 Å². The fraction of sp³-hybridized carbons (Fsp3) is 0.370. The number of hydrogen-bond acceptors (Lipinski definition) is 7. The molecule has 0 aliphatic heterocycles. The molecule has 1 fully saturated rings. The van der Waals surface area contributed by atoms with E-state index in [9.17, 15) is 18.4 Å². The molecule has 0 amide bonds. The highest BCUT2D eigenvalue weighted by Gasteiger charge is 2.60. The molecule has 1 unspecified atom stereocenters. The van der Waals surface area contributed by atoms with E-state index in [2.05, 4.69) is 12.0 Å². The van der Waals surface area contributed by atoms with Crippen LogP contribution in [0.2, 0.25) is 0 Å². The van der Waals surface area contributed by atoms with Crippen molar-refractivity contribution in [1.82, 2.24) is 14.2 Å². The molecule has 0 radical (unpaired) electrons. The van der Waals surface area contributed by atoms with Crippen molar-refractivity contribution in [2.75, 3.05) is 20.3 Å². The lowest BCUT2D eigenvalue weighted by molar-refractivity contribution is -0.233. The van der Waals surface area contributed by atoms with Gasteiger partial charge in [0.05, 0.1) is 32.2 Å². The van der Waals surface area contributed by atoms with Gasteiger partial charge in [-0.2, -0.15) is 5.10 Å². The van der Waals surface area contributed by atoms with Crippen LogP contribution in [0.4, 0.5) is 8.78 Å². The maximum absolute atomic E-state index is 13.6. The lowest BCUT2D eigenvalue weighted by atomic mass is 9.77. The standard InChI is InChI=1S/C27H27ClF2N4O5/c1-16-7-18(28)3-5-20(16)17-8-21-25(36)33(15-32-34(21)11-17)19-4-6-22(23(9-19)37-2)38-14-26(39-24(35)10-31)12-27(29,30)13-26/h3-6,8-9,11,15-16H,7,10,12-14,31H2,1-2H3. The highest BCUT2D eigenvalue weighted by molar-refractivity contribution is 6.30. The Kier molecular flexibility index (Phi) is 6.98. The van der Waals surface area contributed by atoms with E-state index in [4.69, 9.17) is 31.5 Å². The number of rotatable bonds is 8. The van der Waals surface area contributed by atoms with Crippen LogP contribution in [0.15, 0.2) is 58.8 Å². The van der Waals surface area contributed by atoms with E-state index in [1.807, 2.05) is 18.3 Å². The maximum atomic E-state index is 13.6. The highest BCUT2D eigenvalue weighted by Crippen LogP contribution is 2.48. The first-order valence-electron chi connectivity index (χ1n) is 12.3. The van der Waals surface area contributed by atoms with Gasteiger partial charge < -0.3 is 19.9 Å². The van der Waals surface area contributed by atoms with Crippen LogP contribution in [0.25, 0.3) is 16.8 Å². The molecule has 5 rings (SSSR count). The number of hydrogen-bond donors (Lipinski definition) is 1. The zero-order valence-corrected chi connectivity index (χ0v) is 22.1. The first-order valence-corrected chi connectivity index (χ1v) is 12.7. The highest BCUT2D eigenvalue weighted by atomic mass is 35.5. The van der Waals surface area contributed by atoms with Gasteiger partial charge in [-0.25, -0.2) is 13.3 Å². The summed E-state index contributed by atoms with van der Waals surface area (Å²) in [4.78, 5) is 25.1. The minimum Gasteiger partial charge on any atom is -0.493 e. The first kappa shape index (κ1) is 26.9. The maximum Gasteiger partial charge on any atom is 0.320 e. The third-order valence-corrected chi connectivity index (χ3v) is 7.19. The van der Waals surface area contributed by atoms with E-state index in [0.29, 0.717) is 11.2 Å². The number of carbonyl (C=O) groups excluding carboxylic acids is 1. The van der Waals surface area contributed by atoms with Gasteiger partial charge in [-0.15, -0.1) is 0 Å². The molecular weight excluding hydrogens is 534 g/mol. The largest absolute Gasteiger partial charge is 0.493 e. The average molecular weight is 561 g/mol.